The van der Waals surface area contributed by atoms with Crippen molar-refractivity contribution in [1.29, 1.82) is 0 Å². The van der Waals surface area contributed by atoms with Crippen molar-refractivity contribution < 1.29 is 28.6 Å². The lowest BCUT2D eigenvalue weighted by atomic mass is 10.0. The van der Waals surface area contributed by atoms with Crippen LogP contribution in [0.3, 0.4) is 0 Å². The van der Waals surface area contributed by atoms with Crippen molar-refractivity contribution in [1.82, 2.24) is 14.8 Å². The van der Waals surface area contributed by atoms with Crippen LogP contribution in [-0.2, 0) is 25.1 Å². The number of amides is 3. The summed E-state index contributed by atoms with van der Waals surface area (Å²) in [4.78, 5) is 47.3. The highest BCUT2D eigenvalue weighted by atomic mass is 35.5. The molecular weight excluding hydrogens is 673 g/mol. The molecule has 2 aromatic carbocycles. The number of urea groups is 1. The zero-order valence-corrected chi connectivity index (χ0v) is 26.9. The number of pyridine rings is 1. The molecule has 2 aliphatic heterocycles. The molecule has 1 saturated carbocycles. The van der Waals surface area contributed by atoms with Gasteiger partial charge in [0.15, 0.2) is 0 Å². The van der Waals surface area contributed by atoms with E-state index in [-0.39, 0.29) is 50.7 Å². The van der Waals surface area contributed by atoms with E-state index in [0.29, 0.717) is 41.0 Å². The van der Waals surface area contributed by atoms with Gasteiger partial charge in [-0.3, -0.25) is 14.5 Å². The summed E-state index contributed by atoms with van der Waals surface area (Å²) in [5.74, 6) is -0.829. The van der Waals surface area contributed by atoms with E-state index in [0.717, 1.165) is 37.1 Å². The Balaban J connectivity index is 1.36. The summed E-state index contributed by atoms with van der Waals surface area (Å²) in [6, 6.07) is 5.58. The number of anilines is 1. The predicted molar refractivity (Wildman–Crippen MR) is 167 cm³/mol. The number of aromatic nitrogens is 1. The number of halogens is 5. The van der Waals surface area contributed by atoms with Crippen LogP contribution in [-0.4, -0.2) is 56.1 Å². The standard InChI is InChI=1S/C30H27Cl3F2N4O5S/c1-14-18-12-37(11-16(18)9-20(25(14)41)39-8-2-7-38(29(39)44)17-4-5-17)28(43)23-21(10-22(30(33,34)35)36-27(23)42)45-26-19(31)6-3-15(13-40)24(26)32/h3,6,9-10,17,40-41H,2,4-5,7-8,11-13H2,1H3,(H,36,42). The van der Waals surface area contributed by atoms with E-state index in [4.69, 9.17) is 34.8 Å². The largest absolute Gasteiger partial charge is 0.505 e. The van der Waals surface area contributed by atoms with E-state index in [1.165, 1.54) is 17.0 Å². The molecule has 2 fully saturated rings. The highest BCUT2D eigenvalue weighted by molar-refractivity contribution is 7.99. The van der Waals surface area contributed by atoms with Gasteiger partial charge in [-0.25, -0.2) is 4.79 Å². The maximum Gasteiger partial charge on any atom is 0.362 e. The predicted octanol–water partition coefficient (Wildman–Crippen LogP) is 6.58. The molecule has 1 aromatic heterocycles. The summed E-state index contributed by atoms with van der Waals surface area (Å²) < 4.78 is 28.3. The molecule has 3 aliphatic rings. The number of nitrogens with zero attached hydrogens (tertiary/aromatic N) is 3. The van der Waals surface area contributed by atoms with Gasteiger partial charge in [-0.05, 0) is 78.2 Å². The van der Waals surface area contributed by atoms with E-state index in [9.17, 15) is 33.4 Å². The molecule has 0 unspecified atom stereocenters. The van der Waals surface area contributed by atoms with Crippen LogP contribution in [0.1, 0.15) is 57.6 Å². The third-order valence-corrected chi connectivity index (χ3v) is 10.7. The minimum absolute atomic E-state index is 0.0223. The fraction of sp³-hybridized carbons (Fsp3) is 0.367. The molecule has 6 rings (SSSR count). The second-order valence-corrected chi connectivity index (χ2v) is 13.6. The van der Waals surface area contributed by atoms with E-state index in [1.54, 1.807) is 17.9 Å². The van der Waals surface area contributed by atoms with Crippen molar-refractivity contribution in [3.8, 4) is 5.75 Å². The third-order valence-electron chi connectivity index (χ3n) is 8.31. The van der Waals surface area contributed by atoms with Crippen molar-refractivity contribution in [3.05, 3.63) is 78.2 Å². The summed E-state index contributed by atoms with van der Waals surface area (Å²) in [7, 11) is 0. The summed E-state index contributed by atoms with van der Waals surface area (Å²) in [6.45, 7) is 2.42. The number of carbonyl (C=O) groups is 2. The van der Waals surface area contributed by atoms with E-state index < -0.39 is 34.7 Å². The average molecular weight is 700 g/mol. The van der Waals surface area contributed by atoms with Crippen molar-refractivity contribution in [3.63, 3.8) is 0 Å². The normalized spacial score (nSPS) is 16.9. The van der Waals surface area contributed by atoms with E-state index >= 15 is 0 Å². The Morgan fingerprint density at radius 3 is 2.56 bits per heavy atom. The second kappa shape index (κ2) is 12.0. The van der Waals surface area contributed by atoms with Gasteiger partial charge in [-0.15, -0.1) is 0 Å². The molecule has 0 radical (unpaired) electrons. The minimum Gasteiger partial charge on any atom is -0.505 e. The van der Waals surface area contributed by atoms with Crippen LogP contribution in [0.4, 0.5) is 19.3 Å². The summed E-state index contributed by atoms with van der Waals surface area (Å²) in [5, 5.41) is 17.0. The van der Waals surface area contributed by atoms with Gasteiger partial charge in [0.2, 0.25) is 0 Å². The zero-order chi connectivity index (χ0) is 32.4. The van der Waals surface area contributed by atoms with Crippen LogP contribution in [0, 0.1) is 6.92 Å². The van der Waals surface area contributed by atoms with Crippen LogP contribution < -0.4 is 10.5 Å². The lowest BCUT2D eigenvalue weighted by molar-refractivity contribution is 0.0740. The molecule has 238 valence electrons. The van der Waals surface area contributed by atoms with Crippen molar-refractivity contribution in [2.75, 3.05) is 18.0 Å². The van der Waals surface area contributed by atoms with Gasteiger partial charge in [0.1, 0.15) is 17.0 Å². The number of hydrogen-bond acceptors (Lipinski definition) is 6. The fourth-order valence-electron chi connectivity index (χ4n) is 5.78. The lowest BCUT2D eigenvalue weighted by Crippen LogP contribution is -2.50. The number of benzene rings is 2. The number of aromatic amines is 1. The molecule has 15 heteroatoms. The number of phenolic OH excluding ortho intramolecular Hbond substituents is 1. The highest BCUT2D eigenvalue weighted by Gasteiger charge is 2.40. The third kappa shape index (κ3) is 5.87. The van der Waals surface area contributed by atoms with Crippen LogP contribution in [0.15, 0.2) is 38.9 Å². The van der Waals surface area contributed by atoms with Gasteiger partial charge < -0.3 is 25.0 Å². The van der Waals surface area contributed by atoms with Gasteiger partial charge in [0, 0.05) is 42.0 Å². The number of H-pyrrole nitrogens is 1. The molecule has 0 spiro atoms. The lowest BCUT2D eigenvalue weighted by Gasteiger charge is -2.36. The highest BCUT2D eigenvalue weighted by Crippen LogP contribution is 2.45. The number of alkyl halides is 3. The molecule has 3 amide bonds. The average Bonchev–Trinajstić information content (AvgIpc) is 3.74. The zero-order valence-electron chi connectivity index (χ0n) is 23.8. The first-order chi connectivity index (χ1) is 21.3. The minimum atomic E-state index is -3.95. The monoisotopic (exact) mass is 698 g/mol. The molecule has 3 aromatic rings. The van der Waals surface area contributed by atoms with Crippen LogP contribution in [0.25, 0.3) is 0 Å². The number of phenols is 1. The first-order valence-corrected chi connectivity index (χ1v) is 16.1. The molecular formula is C30H27Cl3F2N4O5S. The molecule has 0 bridgehead atoms. The fourth-order valence-corrected chi connectivity index (χ4v) is 7.61. The number of hydrogen-bond donors (Lipinski definition) is 3. The number of aliphatic hydroxyl groups excluding tert-OH is 1. The molecule has 9 nitrogen and oxygen atoms in total. The molecule has 0 atom stereocenters. The quantitative estimate of drug-likeness (QED) is 0.240. The molecule has 3 N–H and O–H groups in total. The van der Waals surface area contributed by atoms with E-state index in [2.05, 4.69) is 0 Å². The Bertz CT molecular complexity index is 1800. The van der Waals surface area contributed by atoms with Crippen molar-refractivity contribution in [2.24, 2.45) is 0 Å². The Hall–Kier alpha value is -3.03. The number of fused-ring (bicyclic) bond motifs is 1. The van der Waals surface area contributed by atoms with Crippen molar-refractivity contribution in [2.45, 2.75) is 67.1 Å². The van der Waals surface area contributed by atoms with Crippen LogP contribution >= 0.6 is 46.6 Å². The summed E-state index contributed by atoms with van der Waals surface area (Å²) in [6.07, 6.45) is 2.67. The van der Waals surface area contributed by atoms with E-state index in [1.807, 2.05) is 9.88 Å². The van der Waals surface area contributed by atoms with Gasteiger partial charge in [-0.2, -0.15) is 8.78 Å². The summed E-state index contributed by atoms with van der Waals surface area (Å²) in [5.41, 5.74) is 0.0261. The Kier molecular flexibility index (Phi) is 8.49. The van der Waals surface area contributed by atoms with Gasteiger partial charge >= 0.3 is 11.4 Å². The number of aromatic hydroxyl groups is 1. The SMILES string of the molecule is Cc1c(O)c(N2CCCN(C3CC3)C2=O)cc2c1CN(C(=O)c1c(Sc3c(Cl)ccc(CO)c3Cl)cc(C(F)(F)Cl)[nH]c1=O)C2. The maximum atomic E-state index is 14.2. The van der Waals surface area contributed by atoms with Gasteiger partial charge in [0.25, 0.3) is 11.5 Å². The first-order valence-electron chi connectivity index (χ1n) is 14.1. The number of nitrogens with one attached hydrogen (secondary N) is 1. The van der Waals surface area contributed by atoms with Crippen LogP contribution in [0.5, 0.6) is 5.75 Å². The molecule has 1 aliphatic carbocycles. The number of aliphatic hydroxyl groups is 1. The Labute approximate surface area is 275 Å². The smallest absolute Gasteiger partial charge is 0.362 e. The second-order valence-electron chi connectivity index (χ2n) is 11.2. The topological polar surface area (TPSA) is 117 Å². The first kappa shape index (κ1) is 31.9. The molecule has 45 heavy (non-hydrogen) atoms. The maximum absolute atomic E-state index is 14.2. The van der Waals surface area contributed by atoms with Gasteiger partial charge in [0.05, 0.1) is 22.3 Å². The molecule has 1 saturated heterocycles. The van der Waals surface area contributed by atoms with Gasteiger partial charge in [-0.1, -0.05) is 41.0 Å². The van der Waals surface area contributed by atoms with Crippen LogP contribution in [0.2, 0.25) is 10.0 Å². The summed E-state index contributed by atoms with van der Waals surface area (Å²) >= 11 is 18.7. The Morgan fingerprint density at radius 1 is 1.16 bits per heavy atom. The number of carbonyl (C=O) groups excluding carboxylic acids is 2. The number of rotatable bonds is 7. The molecule has 3 heterocycles. The Morgan fingerprint density at radius 2 is 1.89 bits per heavy atom. The van der Waals surface area contributed by atoms with Crippen molar-refractivity contribution >= 4 is 64.2 Å².